The Morgan fingerprint density at radius 3 is 2.76 bits per heavy atom. The predicted octanol–water partition coefficient (Wildman–Crippen LogP) is 4.09. The minimum absolute atomic E-state index is 0.513. The molecule has 0 bridgehead atoms. The number of hydrogen-bond acceptors (Lipinski definition) is 2. The Labute approximate surface area is 132 Å². The number of fused-ring (bicyclic) bond motifs is 1. The predicted molar refractivity (Wildman–Crippen MR) is 88.2 cm³/mol. The largest absolute Gasteiger partial charge is 0.388 e. The molecule has 0 aliphatic rings. The van der Waals surface area contributed by atoms with Crippen LogP contribution in [0.15, 0.2) is 53.0 Å². The van der Waals surface area contributed by atoms with Crippen molar-refractivity contribution in [2.45, 2.75) is 26.0 Å². The van der Waals surface area contributed by atoms with Gasteiger partial charge in [0.2, 0.25) is 0 Å². The van der Waals surface area contributed by atoms with Crippen molar-refractivity contribution < 1.29 is 5.11 Å². The van der Waals surface area contributed by atoms with E-state index in [2.05, 4.69) is 38.5 Å². The topological polar surface area (TPSA) is 38.0 Å². The standard InChI is InChI=1S/C17H17BrN2O/c1-2-20-15-9-4-3-8-14(15)19-17(20)11-16(21)12-6-5-7-13(18)10-12/h3-10,16,21H,2,11H2,1H3. The summed E-state index contributed by atoms with van der Waals surface area (Å²) in [5, 5.41) is 10.5. The Balaban J connectivity index is 1.94. The smallest absolute Gasteiger partial charge is 0.112 e. The number of aryl methyl sites for hydroxylation is 1. The van der Waals surface area contributed by atoms with Crippen LogP contribution in [0.25, 0.3) is 11.0 Å². The average Bonchev–Trinajstić information content (AvgIpc) is 2.84. The second-order valence-corrected chi connectivity index (χ2v) is 5.95. The van der Waals surface area contributed by atoms with Crippen molar-refractivity contribution in [1.29, 1.82) is 0 Å². The number of aliphatic hydroxyl groups is 1. The van der Waals surface area contributed by atoms with E-state index in [1.807, 2.05) is 42.5 Å². The minimum atomic E-state index is -0.551. The molecule has 1 N–H and O–H groups in total. The molecule has 3 aromatic rings. The first-order valence-corrected chi connectivity index (χ1v) is 7.86. The number of rotatable bonds is 4. The molecule has 0 spiro atoms. The van der Waals surface area contributed by atoms with E-state index in [4.69, 9.17) is 0 Å². The van der Waals surface area contributed by atoms with Crippen LogP contribution in [0, 0.1) is 0 Å². The molecule has 0 saturated heterocycles. The van der Waals surface area contributed by atoms with Crippen molar-refractivity contribution >= 4 is 27.0 Å². The zero-order valence-corrected chi connectivity index (χ0v) is 13.4. The van der Waals surface area contributed by atoms with E-state index in [1.54, 1.807) is 0 Å². The number of hydrogen-bond donors (Lipinski definition) is 1. The first-order chi connectivity index (χ1) is 10.2. The molecular formula is C17H17BrN2O. The maximum Gasteiger partial charge on any atom is 0.112 e. The van der Waals surface area contributed by atoms with E-state index in [1.165, 1.54) is 0 Å². The zero-order valence-electron chi connectivity index (χ0n) is 11.8. The molecule has 21 heavy (non-hydrogen) atoms. The molecule has 1 atom stereocenters. The number of aliphatic hydroxyl groups excluding tert-OH is 1. The summed E-state index contributed by atoms with van der Waals surface area (Å²) in [4.78, 5) is 4.66. The first kappa shape index (κ1) is 14.3. The van der Waals surface area contributed by atoms with Gasteiger partial charge in [-0.25, -0.2) is 4.98 Å². The van der Waals surface area contributed by atoms with Gasteiger partial charge < -0.3 is 9.67 Å². The van der Waals surface area contributed by atoms with Crippen LogP contribution in [0.4, 0.5) is 0 Å². The third-order valence-corrected chi connectivity index (χ3v) is 4.15. The van der Waals surface area contributed by atoms with Crippen molar-refractivity contribution in [3.8, 4) is 0 Å². The summed E-state index contributed by atoms with van der Waals surface area (Å²) in [6.45, 7) is 2.95. The summed E-state index contributed by atoms with van der Waals surface area (Å²) in [5.41, 5.74) is 3.01. The molecule has 3 nitrogen and oxygen atoms in total. The fourth-order valence-electron chi connectivity index (χ4n) is 2.64. The Kier molecular flexibility index (Phi) is 4.08. The maximum atomic E-state index is 10.5. The molecule has 0 aliphatic carbocycles. The number of aromatic nitrogens is 2. The lowest BCUT2D eigenvalue weighted by Crippen LogP contribution is -2.08. The van der Waals surface area contributed by atoms with Crippen LogP contribution < -0.4 is 0 Å². The highest BCUT2D eigenvalue weighted by molar-refractivity contribution is 9.10. The second-order valence-electron chi connectivity index (χ2n) is 5.04. The maximum absolute atomic E-state index is 10.5. The van der Waals surface area contributed by atoms with Gasteiger partial charge in [0.1, 0.15) is 5.82 Å². The molecule has 0 radical (unpaired) electrons. The summed E-state index contributed by atoms with van der Waals surface area (Å²) >= 11 is 3.44. The number of imidazole rings is 1. The Morgan fingerprint density at radius 2 is 2.00 bits per heavy atom. The molecule has 0 saturated carbocycles. The van der Waals surface area contributed by atoms with Crippen LogP contribution in [0.5, 0.6) is 0 Å². The Hall–Kier alpha value is -1.65. The second kappa shape index (κ2) is 6.00. The van der Waals surface area contributed by atoms with Crippen molar-refractivity contribution in [1.82, 2.24) is 9.55 Å². The van der Waals surface area contributed by atoms with Gasteiger partial charge >= 0.3 is 0 Å². The minimum Gasteiger partial charge on any atom is -0.388 e. The molecule has 3 rings (SSSR count). The van der Waals surface area contributed by atoms with Crippen LogP contribution in [0.2, 0.25) is 0 Å². The van der Waals surface area contributed by atoms with Gasteiger partial charge in [0.15, 0.2) is 0 Å². The monoisotopic (exact) mass is 344 g/mol. The van der Waals surface area contributed by atoms with Crippen LogP contribution in [-0.4, -0.2) is 14.7 Å². The number of halogens is 1. The molecule has 1 unspecified atom stereocenters. The van der Waals surface area contributed by atoms with Crippen molar-refractivity contribution in [3.63, 3.8) is 0 Å². The summed E-state index contributed by atoms with van der Waals surface area (Å²) in [6, 6.07) is 15.9. The first-order valence-electron chi connectivity index (χ1n) is 7.06. The molecule has 2 aromatic carbocycles. The van der Waals surface area contributed by atoms with Crippen molar-refractivity contribution in [2.75, 3.05) is 0 Å². The molecule has 0 fully saturated rings. The van der Waals surface area contributed by atoms with Gasteiger partial charge in [-0.2, -0.15) is 0 Å². The van der Waals surface area contributed by atoms with E-state index >= 15 is 0 Å². The molecule has 4 heteroatoms. The average molecular weight is 345 g/mol. The van der Waals surface area contributed by atoms with Crippen LogP contribution in [0.1, 0.15) is 24.4 Å². The highest BCUT2D eigenvalue weighted by atomic mass is 79.9. The molecule has 1 heterocycles. The number of benzene rings is 2. The SMILES string of the molecule is CCn1c(CC(O)c2cccc(Br)c2)nc2ccccc21. The van der Waals surface area contributed by atoms with E-state index < -0.39 is 6.10 Å². The van der Waals surface area contributed by atoms with Gasteiger partial charge in [-0.3, -0.25) is 0 Å². The van der Waals surface area contributed by atoms with Crippen LogP contribution >= 0.6 is 15.9 Å². The third-order valence-electron chi connectivity index (χ3n) is 3.66. The normalized spacial score (nSPS) is 12.7. The summed E-state index contributed by atoms with van der Waals surface area (Å²) < 4.78 is 3.14. The fourth-order valence-corrected chi connectivity index (χ4v) is 3.06. The van der Waals surface area contributed by atoms with Gasteiger partial charge in [-0.15, -0.1) is 0 Å². The number of para-hydroxylation sites is 2. The molecule has 0 amide bonds. The molecule has 0 aliphatic heterocycles. The van der Waals surface area contributed by atoms with E-state index in [0.29, 0.717) is 6.42 Å². The molecular weight excluding hydrogens is 328 g/mol. The summed E-state index contributed by atoms with van der Waals surface area (Å²) in [6.07, 6.45) is -0.0384. The zero-order chi connectivity index (χ0) is 14.8. The quantitative estimate of drug-likeness (QED) is 0.773. The van der Waals surface area contributed by atoms with Crippen molar-refractivity contribution in [2.24, 2.45) is 0 Å². The van der Waals surface area contributed by atoms with Crippen molar-refractivity contribution in [3.05, 3.63) is 64.4 Å². The lowest BCUT2D eigenvalue weighted by Gasteiger charge is -2.12. The molecule has 108 valence electrons. The van der Waals surface area contributed by atoms with Crippen LogP contribution in [-0.2, 0) is 13.0 Å². The van der Waals surface area contributed by atoms with Crippen LogP contribution in [0.3, 0.4) is 0 Å². The van der Waals surface area contributed by atoms with E-state index in [9.17, 15) is 5.11 Å². The van der Waals surface area contributed by atoms with Gasteiger partial charge in [-0.1, -0.05) is 40.2 Å². The lowest BCUT2D eigenvalue weighted by atomic mass is 10.1. The Morgan fingerprint density at radius 1 is 1.19 bits per heavy atom. The summed E-state index contributed by atoms with van der Waals surface area (Å²) in [7, 11) is 0. The lowest BCUT2D eigenvalue weighted by molar-refractivity contribution is 0.174. The van der Waals surface area contributed by atoms with Gasteiger partial charge in [0, 0.05) is 17.4 Å². The van der Waals surface area contributed by atoms with E-state index in [-0.39, 0.29) is 0 Å². The van der Waals surface area contributed by atoms with Gasteiger partial charge in [0.05, 0.1) is 17.1 Å². The Bertz CT molecular complexity index is 766. The third kappa shape index (κ3) is 2.87. The highest BCUT2D eigenvalue weighted by Gasteiger charge is 2.15. The highest BCUT2D eigenvalue weighted by Crippen LogP contribution is 2.23. The van der Waals surface area contributed by atoms with E-state index in [0.717, 1.165) is 33.4 Å². The van der Waals surface area contributed by atoms with Gasteiger partial charge in [-0.05, 0) is 36.8 Å². The molecule has 1 aromatic heterocycles. The fraction of sp³-hybridized carbons (Fsp3) is 0.235. The summed E-state index contributed by atoms with van der Waals surface area (Å²) in [5.74, 6) is 0.922. The number of nitrogens with zero attached hydrogens (tertiary/aromatic N) is 2. The van der Waals surface area contributed by atoms with Gasteiger partial charge in [0.25, 0.3) is 0 Å².